The van der Waals surface area contributed by atoms with E-state index in [0.717, 1.165) is 6.54 Å². The lowest BCUT2D eigenvalue weighted by Gasteiger charge is -2.17. The Bertz CT molecular complexity index is 1840. The first-order valence-electron chi connectivity index (χ1n) is 13.5. The number of nitrogens with one attached hydrogen (secondary N) is 1. The number of nitrogen functional groups attached to an aromatic ring is 1. The SMILES string of the molecule is CCOC(=O)c1ccc(Oc2c(F)c(Oc3cccc(C4=NCCN4C)c3)nc(Oc3cc(C(=N)N)ccc3O)c2F)c(Cl)c1. The summed E-state index contributed by atoms with van der Waals surface area (Å²) in [6.07, 6.45) is 0. The van der Waals surface area contributed by atoms with Gasteiger partial charge in [0.05, 0.1) is 23.7 Å². The van der Waals surface area contributed by atoms with Crippen molar-refractivity contribution in [2.45, 2.75) is 6.92 Å². The number of carbonyl (C=O) groups is 1. The number of esters is 1. The fourth-order valence-corrected chi connectivity index (χ4v) is 4.48. The van der Waals surface area contributed by atoms with Gasteiger partial charge in [-0.15, -0.1) is 0 Å². The summed E-state index contributed by atoms with van der Waals surface area (Å²) < 4.78 is 53.6. The lowest BCUT2D eigenvalue weighted by molar-refractivity contribution is 0.0526. The number of benzene rings is 3. The van der Waals surface area contributed by atoms with Gasteiger partial charge in [0.2, 0.25) is 17.4 Å². The van der Waals surface area contributed by atoms with E-state index in [0.29, 0.717) is 17.9 Å². The van der Waals surface area contributed by atoms with E-state index in [9.17, 15) is 9.90 Å². The lowest BCUT2D eigenvalue weighted by atomic mass is 10.2. The van der Waals surface area contributed by atoms with E-state index in [-0.39, 0.29) is 45.8 Å². The standard InChI is InChI=1S/C31H26ClF2N5O6/c1-3-42-31(41)18-8-10-22(20(32)14-18)44-26-24(33)29(43-19-6-4-5-17(13-19)28-37-11-12-39(28)2)38-30(25(26)34)45-23-15-16(27(35)36)7-9-21(23)40/h4-10,13-15,40H,3,11-12H2,1-2H3,(H3,35,36). The van der Waals surface area contributed by atoms with Crippen LogP contribution in [0.5, 0.6) is 40.5 Å². The number of hydrogen-bond donors (Lipinski definition) is 3. The smallest absolute Gasteiger partial charge is 0.338 e. The molecule has 0 atom stereocenters. The number of likely N-dealkylation sites (N-methyl/N-ethyl adjacent to an activating group) is 1. The Morgan fingerprint density at radius 2 is 1.76 bits per heavy atom. The quantitative estimate of drug-likeness (QED) is 0.104. The third kappa shape index (κ3) is 6.73. The zero-order valence-corrected chi connectivity index (χ0v) is 24.7. The van der Waals surface area contributed by atoms with Gasteiger partial charge in [-0.05, 0) is 55.5 Å². The Morgan fingerprint density at radius 1 is 1.02 bits per heavy atom. The summed E-state index contributed by atoms with van der Waals surface area (Å²) in [7, 11) is 1.88. The van der Waals surface area contributed by atoms with Gasteiger partial charge in [-0.3, -0.25) is 10.4 Å². The summed E-state index contributed by atoms with van der Waals surface area (Å²) in [5.74, 6) is -6.46. The van der Waals surface area contributed by atoms with Crippen LogP contribution in [0.4, 0.5) is 8.78 Å². The second-order valence-corrected chi connectivity index (χ2v) is 10.0. The minimum atomic E-state index is -1.41. The number of amidine groups is 2. The van der Waals surface area contributed by atoms with Crippen LogP contribution in [-0.4, -0.2) is 59.4 Å². The number of aliphatic imine (C=N–C) groups is 1. The highest BCUT2D eigenvalue weighted by molar-refractivity contribution is 6.32. The highest BCUT2D eigenvalue weighted by atomic mass is 35.5. The van der Waals surface area contributed by atoms with Gasteiger partial charge in [0.15, 0.2) is 11.5 Å². The van der Waals surface area contributed by atoms with Crippen LogP contribution in [-0.2, 0) is 4.74 Å². The Balaban J connectivity index is 1.57. The molecule has 0 fully saturated rings. The second-order valence-electron chi connectivity index (χ2n) is 9.60. The number of nitrogens with two attached hydrogens (primary N) is 1. The molecule has 4 aromatic rings. The molecular weight excluding hydrogens is 612 g/mol. The minimum absolute atomic E-state index is 0.0936. The second kappa shape index (κ2) is 13.1. The predicted molar refractivity (Wildman–Crippen MR) is 161 cm³/mol. The molecule has 4 N–H and O–H groups in total. The maximum atomic E-state index is 15.9. The number of phenols is 1. The summed E-state index contributed by atoms with van der Waals surface area (Å²) in [4.78, 5) is 22.4. The molecule has 45 heavy (non-hydrogen) atoms. The van der Waals surface area contributed by atoms with Crippen LogP contribution >= 0.6 is 11.6 Å². The van der Waals surface area contributed by atoms with Gasteiger partial charge in [0.25, 0.3) is 11.8 Å². The molecule has 0 unspecified atom stereocenters. The Labute approximate surface area is 260 Å². The van der Waals surface area contributed by atoms with Crippen molar-refractivity contribution in [1.29, 1.82) is 5.41 Å². The topological polar surface area (TPSA) is 153 Å². The molecule has 0 bridgehead atoms. The zero-order chi connectivity index (χ0) is 32.2. The molecule has 0 saturated heterocycles. The van der Waals surface area contributed by atoms with Crippen molar-refractivity contribution in [2.75, 3.05) is 26.7 Å². The van der Waals surface area contributed by atoms with Crippen molar-refractivity contribution in [3.05, 3.63) is 94.0 Å². The van der Waals surface area contributed by atoms with E-state index in [1.165, 1.54) is 42.5 Å². The molecule has 1 aliphatic rings. The van der Waals surface area contributed by atoms with Crippen LogP contribution < -0.4 is 19.9 Å². The zero-order valence-electron chi connectivity index (χ0n) is 23.9. The van der Waals surface area contributed by atoms with Crippen molar-refractivity contribution in [3.63, 3.8) is 0 Å². The van der Waals surface area contributed by atoms with E-state index in [1.54, 1.807) is 25.1 Å². The number of nitrogens with zero attached hydrogens (tertiary/aromatic N) is 3. The summed E-state index contributed by atoms with van der Waals surface area (Å²) in [6.45, 7) is 3.12. The summed E-state index contributed by atoms with van der Waals surface area (Å²) >= 11 is 6.29. The van der Waals surface area contributed by atoms with Gasteiger partial charge in [-0.25, -0.2) is 4.79 Å². The summed E-state index contributed by atoms with van der Waals surface area (Å²) in [5, 5.41) is 17.8. The van der Waals surface area contributed by atoms with Crippen LogP contribution in [0.2, 0.25) is 5.02 Å². The molecule has 2 heterocycles. The van der Waals surface area contributed by atoms with E-state index in [4.69, 9.17) is 41.7 Å². The van der Waals surface area contributed by atoms with Crippen molar-refractivity contribution >= 4 is 29.2 Å². The van der Waals surface area contributed by atoms with Gasteiger partial charge in [0, 0.05) is 24.7 Å². The molecule has 1 aliphatic heterocycles. The van der Waals surface area contributed by atoms with E-state index < -0.39 is 40.9 Å². The van der Waals surface area contributed by atoms with Gasteiger partial charge in [-0.1, -0.05) is 23.7 Å². The van der Waals surface area contributed by atoms with Crippen LogP contribution in [0.25, 0.3) is 0 Å². The van der Waals surface area contributed by atoms with E-state index >= 15 is 8.78 Å². The summed E-state index contributed by atoms with van der Waals surface area (Å²) in [6, 6.07) is 14.1. The van der Waals surface area contributed by atoms with Crippen LogP contribution in [0.1, 0.15) is 28.4 Å². The number of rotatable bonds is 10. The van der Waals surface area contributed by atoms with Crippen molar-refractivity contribution in [2.24, 2.45) is 10.7 Å². The molecule has 0 radical (unpaired) electrons. The molecule has 5 rings (SSSR count). The number of phenolic OH excluding ortho intramolecular Hbond substituents is 1. The average Bonchev–Trinajstić information content (AvgIpc) is 3.45. The van der Waals surface area contributed by atoms with Crippen molar-refractivity contribution in [1.82, 2.24) is 9.88 Å². The van der Waals surface area contributed by atoms with Crippen LogP contribution in [0.15, 0.2) is 65.7 Å². The number of pyridine rings is 1. The fourth-order valence-electron chi connectivity index (χ4n) is 4.26. The number of ether oxygens (including phenoxy) is 4. The number of halogens is 3. The number of carbonyl (C=O) groups excluding carboxylic acids is 1. The molecule has 0 spiro atoms. The maximum absolute atomic E-state index is 15.9. The fraction of sp³-hybridized carbons (Fsp3) is 0.161. The van der Waals surface area contributed by atoms with E-state index in [1.807, 2.05) is 11.9 Å². The third-order valence-electron chi connectivity index (χ3n) is 6.48. The number of aromatic nitrogens is 1. The average molecular weight is 638 g/mol. The van der Waals surface area contributed by atoms with Gasteiger partial charge < -0.3 is 34.7 Å². The molecule has 0 saturated carbocycles. The van der Waals surface area contributed by atoms with Gasteiger partial charge in [0.1, 0.15) is 23.2 Å². The highest BCUT2D eigenvalue weighted by Gasteiger charge is 2.28. The molecule has 232 valence electrons. The lowest BCUT2D eigenvalue weighted by Crippen LogP contribution is -2.23. The number of aromatic hydroxyl groups is 1. The van der Waals surface area contributed by atoms with Crippen LogP contribution in [0.3, 0.4) is 0 Å². The van der Waals surface area contributed by atoms with E-state index in [2.05, 4.69) is 9.98 Å². The first-order chi connectivity index (χ1) is 21.5. The Morgan fingerprint density at radius 3 is 2.42 bits per heavy atom. The molecule has 1 aromatic heterocycles. The molecule has 0 amide bonds. The Hall–Kier alpha value is -5.43. The molecule has 0 aliphatic carbocycles. The molecular formula is C31H26ClF2N5O6. The van der Waals surface area contributed by atoms with Gasteiger partial charge >= 0.3 is 5.97 Å². The van der Waals surface area contributed by atoms with Gasteiger partial charge in [-0.2, -0.15) is 13.8 Å². The highest BCUT2D eigenvalue weighted by Crippen LogP contribution is 2.42. The normalized spacial score (nSPS) is 12.5. The first-order valence-corrected chi connectivity index (χ1v) is 13.9. The monoisotopic (exact) mass is 637 g/mol. The Kier molecular flexibility index (Phi) is 9.00. The maximum Gasteiger partial charge on any atom is 0.338 e. The first kappa shape index (κ1) is 31.0. The molecule has 11 nitrogen and oxygen atoms in total. The van der Waals surface area contributed by atoms with Crippen molar-refractivity contribution in [3.8, 4) is 40.5 Å². The third-order valence-corrected chi connectivity index (χ3v) is 6.77. The minimum Gasteiger partial charge on any atom is -0.504 e. The largest absolute Gasteiger partial charge is 0.504 e. The summed E-state index contributed by atoms with van der Waals surface area (Å²) in [5.41, 5.74) is 6.48. The number of hydrogen-bond acceptors (Lipinski definition) is 10. The van der Waals surface area contributed by atoms with Crippen molar-refractivity contribution < 1.29 is 37.6 Å². The van der Waals surface area contributed by atoms with Crippen LogP contribution in [0, 0.1) is 17.0 Å². The molecule has 3 aromatic carbocycles. The predicted octanol–water partition coefficient (Wildman–Crippen LogP) is 6.25. The molecule has 14 heteroatoms.